The standard InChI is InChI=1S/C15H25N3O2S/c1-3-13(19)4-7-16-14(20)12-5-8-18(9-6-12)15-17-11(2)10-21-15/h10,12-13,19H,3-9H2,1-2H3,(H,16,20). The first kappa shape index (κ1) is 16.2. The summed E-state index contributed by atoms with van der Waals surface area (Å²) in [4.78, 5) is 18.9. The maximum atomic E-state index is 12.1. The summed E-state index contributed by atoms with van der Waals surface area (Å²) in [5, 5.41) is 15.6. The molecule has 1 amide bonds. The first-order valence-electron chi connectivity index (χ1n) is 7.73. The van der Waals surface area contributed by atoms with Crippen molar-refractivity contribution in [2.45, 2.75) is 45.6 Å². The van der Waals surface area contributed by atoms with Crippen molar-refractivity contribution in [3.05, 3.63) is 11.1 Å². The van der Waals surface area contributed by atoms with E-state index < -0.39 is 0 Å². The Labute approximate surface area is 130 Å². The van der Waals surface area contributed by atoms with Gasteiger partial charge in [-0.25, -0.2) is 4.98 Å². The van der Waals surface area contributed by atoms with Crippen LogP contribution in [-0.4, -0.2) is 41.7 Å². The number of aliphatic hydroxyl groups excluding tert-OH is 1. The minimum atomic E-state index is -0.305. The van der Waals surface area contributed by atoms with E-state index in [-0.39, 0.29) is 17.9 Å². The van der Waals surface area contributed by atoms with E-state index >= 15 is 0 Å². The fourth-order valence-corrected chi connectivity index (χ4v) is 3.39. The van der Waals surface area contributed by atoms with Gasteiger partial charge in [-0.2, -0.15) is 0 Å². The highest BCUT2D eigenvalue weighted by Crippen LogP contribution is 2.26. The number of anilines is 1. The zero-order valence-corrected chi connectivity index (χ0v) is 13.7. The number of piperidine rings is 1. The predicted molar refractivity (Wildman–Crippen MR) is 85.7 cm³/mol. The first-order valence-corrected chi connectivity index (χ1v) is 8.61. The number of rotatable bonds is 6. The number of aliphatic hydroxyl groups is 1. The number of carbonyl (C=O) groups excluding carboxylic acids is 1. The van der Waals surface area contributed by atoms with Crippen molar-refractivity contribution in [2.24, 2.45) is 5.92 Å². The summed E-state index contributed by atoms with van der Waals surface area (Å²) in [7, 11) is 0. The van der Waals surface area contributed by atoms with Gasteiger partial charge >= 0.3 is 0 Å². The van der Waals surface area contributed by atoms with Gasteiger partial charge < -0.3 is 15.3 Å². The monoisotopic (exact) mass is 311 g/mol. The largest absolute Gasteiger partial charge is 0.393 e. The highest BCUT2D eigenvalue weighted by Gasteiger charge is 2.25. The molecule has 21 heavy (non-hydrogen) atoms. The van der Waals surface area contributed by atoms with Crippen LogP contribution in [0, 0.1) is 12.8 Å². The van der Waals surface area contributed by atoms with Gasteiger partial charge in [0.15, 0.2) is 5.13 Å². The molecular formula is C15H25N3O2S. The SMILES string of the molecule is CCC(O)CCNC(=O)C1CCN(c2nc(C)cs2)CC1. The Morgan fingerprint density at radius 2 is 2.29 bits per heavy atom. The maximum absolute atomic E-state index is 12.1. The Morgan fingerprint density at radius 3 is 2.86 bits per heavy atom. The average Bonchev–Trinajstić information content (AvgIpc) is 2.93. The summed E-state index contributed by atoms with van der Waals surface area (Å²) in [6.07, 6.45) is 2.82. The second kappa shape index (κ2) is 7.75. The number of aromatic nitrogens is 1. The molecule has 0 aromatic carbocycles. The molecule has 2 N–H and O–H groups in total. The van der Waals surface area contributed by atoms with E-state index in [1.807, 2.05) is 13.8 Å². The number of amides is 1. The Balaban J connectivity index is 1.72. The van der Waals surface area contributed by atoms with Crippen molar-refractivity contribution in [1.82, 2.24) is 10.3 Å². The third-order valence-corrected chi connectivity index (χ3v) is 5.01. The van der Waals surface area contributed by atoms with Gasteiger partial charge in [0.25, 0.3) is 0 Å². The zero-order valence-electron chi connectivity index (χ0n) is 12.8. The number of aryl methyl sites for hydroxylation is 1. The fourth-order valence-electron chi connectivity index (χ4n) is 2.53. The van der Waals surface area contributed by atoms with Gasteiger partial charge in [-0.15, -0.1) is 11.3 Å². The molecule has 1 saturated heterocycles. The normalized spacial score (nSPS) is 17.8. The molecule has 0 aliphatic carbocycles. The van der Waals surface area contributed by atoms with E-state index in [1.165, 1.54) is 0 Å². The fraction of sp³-hybridized carbons (Fsp3) is 0.733. The van der Waals surface area contributed by atoms with E-state index in [4.69, 9.17) is 0 Å². The third-order valence-electron chi connectivity index (χ3n) is 3.99. The highest BCUT2D eigenvalue weighted by atomic mass is 32.1. The smallest absolute Gasteiger partial charge is 0.223 e. The molecule has 1 aliphatic heterocycles. The molecule has 0 saturated carbocycles. The number of hydrogen-bond donors (Lipinski definition) is 2. The first-order chi connectivity index (χ1) is 10.1. The van der Waals surface area contributed by atoms with Crippen LogP contribution >= 0.6 is 11.3 Å². The Kier molecular flexibility index (Phi) is 5.99. The second-order valence-electron chi connectivity index (χ2n) is 5.67. The summed E-state index contributed by atoms with van der Waals surface area (Å²) >= 11 is 1.67. The molecule has 1 aromatic heterocycles. The lowest BCUT2D eigenvalue weighted by Crippen LogP contribution is -2.41. The summed E-state index contributed by atoms with van der Waals surface area (Å²) in [6, 6.07) is 0. The summed E-state index contributed by atoms with van der Waals surface area (Å²) in [6.45, 7) is 6.30. The van der Waals surface area contributed by atoms with E-state index in [1.54, 1.807) is 11.3 Å². The van der Waals surface area contributed by atoms with Crippen LogP contribution in [0.2, 0.25) is 0 Å². The van der Waals surface area contributed by atoms with Crippen LogP contribution in [0.1, 0.15) is 38.3 Å². The molecular weight excluding hydrogens is 286 g/mol. The molecule has 1 aliphatic rings. The number of nitrogens with one attached hydrogen (secondary N) is 1. The van der Waals surface area contributed by atoms with Gasteiger partial charge in [-0.3, -0.25) is 4.79 Å². The summed E-state index contributed by atoms with van der Waals surface area (Å²) < 4.78 is 0. The third kappa shape index (κ3) is 4.68. The molecule has 2 rings (SSSR count). The van der Waals surface area contributed by atoms with Crippen LogP contribution in [0.4, 0.5) is 5.13 Å². The van der Waals surface area contributed by atoms with E-state index in [0.717, 1.165) is 43.2 Å². The Bertz CT molecular complexity index is 456. The number of carbonyl (C=O) groups is 1. The molecule has 1 fully saturated rings. The quantitative estimate of drug-likeness (QED) is 0.843. The minimum absolute atomic E-state index is 0.0982. The van der Waals surface area contributed by atoms with Crippen molar-refractivity contribution >= 4 is 22.4 Å². The van der Waals surface area contributed by atoms with Crippen molar-refractivity contribution < 1.29 is 9.90 Å². The van der Waals surface area contributed by atoms with Gasteiger partial charge in [0, 0.05) is 30.9 Å². The molecule has 5 nitrogen and oxygen atoms in total. The minimum Gasteiger partial charge on any atom is -0.393 e. The topological polar surface area (TPSA) is 65.5 Å². The van der Waals surface area contributed by atoms with Crippen molar-refractivity contribution in [2.75, 3.05) is 24.5 Å². The zero-order chi connectivity index (χ0) is 15.2. The lowest BCUT2D eigenvalue weighted by Gasteiger charge is -2.31. The van der Waals surface area contributed by atoms with Crippen LogP contribution in [0.3, 0.4) is 0 Å². The average molecular weight is 311 g/mol. The van der Waals surface area contributed by atoms with Crippen molar-refractivity contribution in [1.29, 1.82) is 0 Å². The summed E-state index contributed by atoms with van der Waals surface area (Å²) in [5.74, 6) is 0.231. The second-order valence-corrected chi connectivity index (χ2v) is 6.51. The van der Waals surface area contributed by atoms with Crippen LogP contribution in [0.15, 0.2) is 5.38 Å². The van der Waals surface area contributed by atoms with Gasteiger partial charge in [-0.1, -0.05) is 6.92 Å². The van der Waals surface area contributed by atoms with Crippen LogP contribution < -0.4 is 10.2 Å². The molecule has 2 heterocycles. The Hall–Kier alpha value is -1.14. The molecule has 1 atom stereocenters. The van der Waals surface area contributed by atoms with Crippen LogP contribution in [0.5, 0.6) is 0 Å². The van der Waals surface area contributed by atoms with Gasteiger partial charge in [0.05, 0.1) is 11.8 Å². The number of hydrogen-bond acceptors (Lipinski definition) is 5. The number of nitrogens with zero attached hydrogens (tertiary/aromatic N) is 2. The summed E-state index contributed by atoms with van der Waals surface area (Å²) in [5.41, 5.74) is 1.06. The number of thiazole rings is 1. The van der Waals surface area contributed by atoms with Crippen LogP contribution in [0.25, 0.3) is 0 Å². The molecule has 1 aromatic rings. The maximum Gasteiger partial charge on any atom is 0.223 e. The van der Waals surface area contributed by atoms with Crippen LogP contribution in [-0.2, 0) is 4.79 Å². The highest BCUT2D eigenvalue weighted by molar-refractivity contribution is 7.13. The molecule has 118 valence electrons. The van der Waals surface area contributed by atoms with Gasteiger partial charge in [0.1, 0.15) is 0 Å². The molecule has 6 heteroatoms. The molecule has 1 unspecified atom stereocenters. The lowest BCUT2D eigenvalue weighted by atomic mass is 9.96. The Morgan fingerprint density at radius 1 is 1.57 bits per heavy atom. The van der Waals surface area contributed by atoms with E-state index in [9.17, 15) is 9.90 Å². The predicted octanol–water partition coefficient (Wildman–Crippen LogP) is 1.95. The van der Waals surface area contributed by atoms with E-state index in [0.29, 0.717) is 13.0 Å². The van der Waals surface area contributed by atoms with E-state index in [2.05, 4.69) is 20.6 Å². The molecule has 0 bridgehead atoms. The van der Waals surface area contributed by atoms with Gasteiger partial charge in [0.2, 0.25) is 5.91 Å². The van der Waals surface area contributed by atoms with Crippen molar-refractivity contribution in [3.63, 3.8) is 0 Å². The van der Waals surface area contributed by atoms with Gasteiger partial charge in [-0.05, 0) is 32.6 Å². The lowest BCUT2D eigenvalue weighted by molar-refractivity contribution is -0.125. The van der Waals surface area contributed by atoms with Crippen molar-refractivity contribution in [3.8, 4) is 0 Å². The molecule has 0 spiro atoms. The molecule has 0 radical (unpaired) electrons.